The highest BCUT2D eigenvalue weighted by Crippen LogP contribution is 2.37. The van der Waals surface area contributed by atoms with E-state index in [9.17, 15) is 22.0 Å². The summed E-state index contributed by atoms with van der Waals surface area (Å²) in [4.78, 5) is 0. The van der Waals surface area contributed by atoms with Crippen molar-refractivity contribution in [2.75, 3.05) is 0 Å². The first-order valence-corrected chi connectivity index (χ1v) is 3.10. The molecule has 74 valence electrons. The molecule has 0 heterocycles. The molecule has 0 N–H and O–H groups in total. The van der Waals surface area contributed by atoms with Gasteiger partial charge in [0, 0.05) is 6.92 Å². The van der Waals surface area contributed by atoms with Crippen molar-refractivity contribution in [2.45, 2.75) is 38.7 Å². The van der Waals surface area contributed by atoms with Crippen LogP contribution in [-0.4, -0.2) is 17.9 Å². The maximum Gasteiger partial charge on any atom is 0.421 e. The van der Waals surface area contributed by atoms with Crippen LogP contribution in [0.5, 0.6) is 0 Å². The van der Waals surface area contributed by atoms with Crippen LogP contribution in [0, 0.1) is 0 Å². The van der Waals surface area contributed by atoms with Crippen LogP contribution < -0.4 is 0 Å². The van der Waals surface area contributed by atoms with Gasteiger partial charge < -0.3 is 0 Å². The van der Waals surface area contributed by atoms with Gasteiger partial charge in [-0.15, -0.1) is 0 Å². The van der Waals surface area contributed by atoms with E-state index in [1.54, 1.807) is 0 Å². The van der Waals surface area contributed by atoms with E-state index in [1.165, 1.54) is 0 Å². The topological polar surface area (TPSA) is 9.23 Å². The summed E-state index contributed by atoms with van der Waals surface area (Å²) in [5.41, 5.74) is 0. The fraction of sp³-hybridized carbons (Fsp3) is 1.00. The number of hydrogen-bond acceptors (Lipinski definition) is 1. The quantitative estimate of drug-likeness (QED) is 0.624. The second-order valence-corrected chi connectivity index (χ2v) is 2.87. The summed E-state index contributed by atoms with van der Waals surface area (Å²) in [6, 6.07) is 0. The van der Waals surface area contributed by atoms with E-state index >= 15 is 0 Å². The summed E-state index contributed by atoms with van der Waals surface area (Å²) in [7, 11) is 0. The third-order valence-corrected chi connectivity index (χ3v) is 0.882. The fourth-order valence-corrected chi connectivity index (χ4v) is 0.394. The van der Waals surface area contributed by atoms with Gasteiger partial charge in [-0.3, -0.25) is 4.74 Å². The summed E-state index contributed by atoms with van der Waals surface area (Å²) < 4.78 is 64.0. The van der Waals surface area contributed by atoms with Gasteiger partial charge in [0.25, 0.3) is 0 Å². The van der Waals surface area contributed by atoms with Crippen molar-refractivity contribution >= 4 is 0 Å². The van der Waals surface area contributed by atoms with Crippen LogP contribution in [0.2, 0.25) is 0 Å². The smallest absolute Gasteiger partial charge is 0.279 e. The van der Waals surface area contributed by atoms with Crippen molar-refractivity contribution in [1.82, 2.24) is 0 Å². The molecule has 0 amide bonds. The number of hydrogen-bond donors (Lipinski definition) is 0. The lowest BCUT2D eigenvalue weighted by Gasteiger charge is -2.27. The highest BCUT2D eigenvalue weighted by atomic mass is 19.3. The normalized spacial score (nSPS) is 15.0. The van der Waals surface area contributed by atoms with E-state index < -0.39 is 17.9 Å². The molecule has 0 fully saturated rings. The molecule has 0 saturated carbocycles. The van der Waals surface area contributed by atoms with Crippen LogP contribution in [0.3, 0.4) is 0 Å². The first-order chi connectivity index (χ1) is 4.96. The molecule has 0 spiro atoms. The Labute approximate surface area is 66.5 Å². The highest BCUT2D eigenvalue weighted by Gasteiger charge is 2.56. The van der Waals surface area contributed by atoms with Gasteiger partial charge >= 0.3 is 12.0 Å². The van der Waals surface area contributed by atoms with Crippen molar-refractivity contribution in [3.05, 3.63) is 0 Å². The summed E-state index contributed by atoms with van der Waals surface area (Å²) >= 11 is 0. The van der Waals surface area contributed by atoms with E-state index in [0.717, 1.165) is 0 Å². The lowest BCUT2D eigenvalue weighted by Crippen LogP contribution is -2.44. The summed E-state index contributed by atoms with van der Waals surface area (Å²) in [6.07, 6.45) is -4.79. The second kappa shape index (κ2) is 2.83. The van der Waals surface area contributed by atoms with E-state index in [4.69, 9.17) is 0 Å². The van der Waals surface area contributed by atoms with Gasteiger partial charge in [0.15, 0.2) is 0 Å². The van der Waals surface area contributed by atoms with Gasteiger partial charge in [-0.25, -0.2) is 4.39 Å². The van der Waals surface area contributed by atoms with E-state index in [2.05, 4.69) is 4.74 Å². The molecule has 6 heteroatoms. The predicted octanol–water partition coefficient (Wildman–Crippen LogP) is 2.96. The third kappa shape index (κ3) is 3.34. The highest BCUT2D eigenvalue weighted by molar-refractivity contribution is 4.72. The average molecular weight is 192 g/mol. The van der Waals surface area contributed by atoms with Gasteiger partial charge in [-0.05, 0) is 13.8 Å². The van der Waals surface area contributed by atoms with Gasteiger partial charge in [0.2, 0.25) is 5.85 Å². The van der Waals surface area contributed by atoms with Crippen LogP contribution in [0.4, 0.5) is 22.0 Å². The molecular formula is C6H9F5O. The number of ether oxygens (including phenoxy) is 1. The van der Waals surface area contributed by atoms with Crippen LogP contribution in [-0.2, 0) is 4.74 Å². The molecular weight excluding hydrogens is 183 g/mol. The predicted molar refractivity (Wildman–Crippen MR) is 31.8 cm³/mol. The number of alkyl halides is 5. The number of halogens is 5. The largest absolute Gasteiger partial charge is 0.421 e. The Hall–Kier alpha value is -0.390. The molecule has 1 nitrogen and oxygen atoms in total. The molecule has 0 aliphatic carbocycles. The zero-order valence-corrected chi connectivity index (χ0v) is 6.80. The monoisotopic (exact) mass is 192 g/mol. The molecule has 0 saturated heterocycles. The molecule has 0 aromatic carbocycles. The average Bonchev–Trinajstić information content (AvgIpc) is 1.52. The zero-order valence-electron chi connectivity index (χ0n) is 6.80. The Morgan fingerprint density at radius 1 is 0.833 bits per heavy atom. The van der Waals surface area contributed by atoms with Crippen molar-refractivity contribution < 1.29 is 26.7 Å². The van der Waals surface area contributed by atoms with E-state index in [0.29, 0.717) is 13.8 Å². The summed E-state index contributed by atoms with van der Waals surface area (Å²) in [5, 5.41) is 0. The maximum atomic E-state index is 12.4. The molecule has 0 radical (unpaired) electrons. The summed E-state index contributed by atoms with van der Waals surface area (Å²) in [6.45, 7) is 1.19. The first-order valence-electron chi connectivity index (χ1n) is 3.10. The van der Waals surface area contributed by atoms with Gasteiger partial charge in [0.1, 0.15) is 0 Å². The Kier molecular flexibility index (Phi) is 2.74. The molecule has 0 aromatic heterocycles. The van der Waals surface area contributed by atoms with Crippen LogP contribution >= 0.6 is 0 Å². The Bertz CT molecular complexity index is 154. The molecule has 0 aliphatic heterocycles. The van der Waals surface area contributed by atoms with Crippen molar-refractivity contribution in [2.24, 2.45) is 0 Å². The van der Waals surface area contributed by atoms with Crippen LogP contribution in [0.25, 0.3) is 0 Å². The molecule has 0 rings (SSSR count). The Balaban J connectivity index is 4.44. The van der Waals surface area contributed by atoms with E-state index in [-0.39, 0.29) is 6.92 Å². The SMILES string of the molecule is CC(C)(F)OC(F)(F)C(C)(F)F. The van der Waals surface area contributed by atoms with Crippen molar-refractivity contribution in [1.29, 1.82) is 0 Å². The lowest BCUT2D eigenvalue weighted by molar-refractivity contribution is -0.391. The molecule has 0 aromatic rings. The minimum Gasteiger partial charge on any atom is -0.279 e. The second-order valence-electron chi connectivity index (χ2n) is 2.87. The fourth-order valence-electron chi connectivity index (χ4n) is 0.394. The molecule has 0 atom stereocenters. The van der Waals surface area contributed by atoms with Crippen LogP contribution in [0.15, 0.2) is 0 Å². The molecule has 12 heavy (non-hydrogen) atoms. The van der Waals surface area contributed by atoms with Crippen molar-refractivity contribution in [3.63, 3.8) is 0 Å². The Morgan fingerprint density at radius 2 is 1.17 bits per heavy atom. The molecule has 0 unspecified atom stereocenters. The first kappa shape index (κ1) is 11.6. The van der Waals surface area contributed by atoms with Crippen molar-refractivity contribution in [3.8, 4) is 0 Å². The maximum absolute atomic E-state index is 12.4. The lowest BCUT2D eigenvalue weighted by atomic mass is 10.3. The third-order valence-electron chi connectivity index (χ3n) is 0.882. The standard InChI is InChI=1S/C6H9F5O/c1-4(2,7)12-6(10,11)5(3,8)9/h1-3H3. The minimum absolute atomic E-state index is 0.0429. The Morgan fingerprint density at radius 3 is 1.25 bits per heavy atom. The minimum atomic E-state index is -4.79. The molecule has 0 aliphatic rings. The van der Waals surface area contributed by atoms with Gasteiger partial charge in [-0.2, -0.15) is 17.6 Å². The van der Waals surface area contributed by atoms with E-state index in [1.807, 2.05) is 0 Å². The summed E-state index contributed by atoms with van der Waals surface area (Å²) in [5.74, 6) is -7.18. The molecule has 0 bridgehead atoms. The van der Waals surface area contributed by atoms with Crippen LogP contribution in [0.1, 0.15) is 20.8 Å². The number of rotatable bonds is 3. The van der Waals surface area contributed by atoms with Gasteiger partial charge in [0.05, 0.1) is 0 Å². The van der Waals surface area contributed by atoms with Gasteiger partial charge in [-0.1, -0.05) is 0 Å². The zero-order chi connectivity index (χ0) is 10.2.